The highest BCUT2D eigenvalue weighted by molar-refractivity contribution is 5.88. The molecular weight excluding hydrogens is 377 g/mol. The number of allylic oxidation sites excluding steroid dienone is 3. The predicted molar refractivity (Wildman–Crippen MR) is 107 cm³/mol. The number of aliphatic hydroxyl groups excluding tert-OH is 1. The lowest BCUT2D eigenvalue weighted by molar-refractivity contribution is 0.185. The van der Waals surface area contributed by atoms with Gasteiger partial charge in [-0.2, -0.15) is 0 Å². The Labute approximate surface area is 167 Å². The maximum Gasteiger partial charge on any atom is 0.147 e. The summed E-state index contributed by atoms with van der Waals surface area (Å²) in [5, 5.41) is 10.2. The summed E-state index contributed by atoms with van der Waals surface area (Å²) < 4.78 is 43.9. The molecule has 4 rings (SSSR count). The van der Waals surface area contributed by atoms with Gasteiger partial charge in [0.2, 0.25) is 0 Å². The number of nitrogens with zero attached hydrogens (tertiary/aromatic N) is 2. The zero-order valence-corrected chi connectivity index (χ0v) is 15.9. The van der Waals surface area contributed by atoms with Crippen LogP contribution in [0, 0.1) is 17.6 Å². The zero-order chi connectivity index (χ0) is 20.5. The van der Waals surface area contributed by atoms with Gasteiger partial charge in [0.15, 0.2) is 0 Å². The summed E-state index contributed by atoms with van der Waals surface area (Å²) in [6, 6.07) is 5.26. The van der Waals surface area contributed by atoms with Gasteiger partial charge in [-0.3, -0.25) is 4.98 Å². The van der Waals surface area contributed by atoms with Crippen molar-refractivity contribution in [3.8, 4) is 0 Å². The topological polar surface area (TPSA) is 36.4 Å². The van der Waals surface area contributed by atoms with Gasteiger partial charge >= 0.3 is 0 Å². The summed E-state index contributed by atoms with van der Waals surface area (Å²) >= 11 is 0. The normalized spacial score (nSPS) is 22.1. The van der Waals surface area contributed by atoms with E-state index in [1.165, 1.54) is 17.0 Å². The van der Waals surface area contributed by atoms with Crippen LogP contribution in [0.15, 0.2) is 60.7 Å². The van der Waals surface area contributed by atoms with E-state index in [1.807, 2.05) is 0 Å². The summed E-state index contributed by atoms with van der Waals surface area (Å²) in [6.07, 6.45) is 8.65. The van der Waals surface area contributed by atoms with Gasteiger partial charge in [0.1, 0.15) is 17.5 Å². The molecule has 2 aliphatic rings. The number of benzene rings is 1. The number of anilines is 1. The number of pyridine rings is 1. The monoisotopic (exact) mass is 398 g/mol. The molecule has 1 N–H and O–H groups in total. The third-order valence-electron chi connectivity index (χ3n) is 5.29. The van der Waals surface area contributed by atoms with E-state index in [9.17, 15) is 18.3 Å². The van der Waals surface area contributed by atoms with Crippen LogP contribution in [0.4, 0.5) is 18.9 Å². The minimum absolute atomic E-state index is 0.164. The molecule has 0 amide bonds. The van der Waals surface area contributed by atoms with Crippen LogP contribution in [0.25, 0.3) is 11.3 Å². The molecule has 1 aromatic heterocycles. The minimum Gasteiger partial charge on any atom is -0.389 e. The third-order valence-corrected chi connectivity index (χ3v) is 5.29. The Morgan fingerprint density at radius 3 is 2.62 bits per heavy atom. The molecule has 2 aromatic rings. The lowest BCUT2D eigenvalue weighted by Gasteiger charge is -2.32. The maximum absolute atomic E-state index is 14.9. The summed E-state index contributed by atoms with van der Waals surface area (Å²) in [4.78, 5) is 5.70. The fourth-order valence-electron chi connectivity index (χ4n) is 4.07. The second kappa shape index (κ2) is 7.87. The molecule has 3 nitrogen and oxygen atoms in total. The number of halogens is 3. The highest BCUT2D eigenvalue weighted by atomic mass is 19.1. The average molecular weight is 398 g/mol. The predicted octanol–water partition coefficient (Wildman–Crippen LogP) is 5.25. The Hall–Kier alpha value is -2.86. The first-order valence-electron chi connectivity index (χ1n) is 9.57. The fourth-order valence-corrected chi connectivity index (χ4v) is 4.07. The molecule has 150 valence electrons. The molecule has 0 saturated carbocycles. The van der Waals surface area contributed by atoms with Gasteiger partial charge in [0.25, 0.3) is 0 Å². The number of rotatable bonds is 3. The van der Waals surface area contributed by atoms with Crippen molar-refractivity contribution in [2.45, 2.75) is 25.9 Å². The van der Waals surface area contributed by atoms with Gasteiger partial charge in [0, 0.05) is 18.3 Å². The second-order valence-electron chi connectivity index (χ2n) is 7.50. The van der Waals surface area contributed by atoms with E-state index < -0.39 is 29.1 Å². The molecule has 0 radical (unpaired) electrons. The van der Waals surface area contributed by atoms with Gasteiger partial charge in [-0.15, -0.1) is 0 Å². The van der Waals surface area contributed by atoms with Crippen LogP contribution in [-0.2, 0) is 0 Å². The van der Waals surface area contributed by atoms with E-state index in [0.29, 0.717) is 12.1 Å². The Bertz CT molecular complexity index is 1010. The minimum atomic E-state index is -0.832. The zero-order valence-electron chi connectivity index (χ0n) is 15.9. The van der Waals surface area contributed by atoms with Gasteiger partial charge in [0.05, 0.1) is 29.2 Å². The van der Waals surface area contributed by atoms with Gasteiger partial charge in [-0.1, -0.05) is 25.1 Å². The molecule has 6 heteroatoms. The Kier molecular flexibility index (Phi) is 5.28. The Morgan fingerprint density at radius 1 is 1.14 bits per heavy atom. The SMILES string of the molecule is CC1CC(c2ccncc2N2CC=CC(F)=C2c2c(F)cccc2F)=CC(O)C1. The van der Waals surface area contributed by atoms with Gasteiger partial charge < -0.3 is 10.0 Å². The molecule has 0 spiro atoms. The van der Waals surface area contributed by atoms with Crippen molar-refractivity contribution in [1.29, 1.82) is 0 Å². The van der Waals surface area contributed by atoms with Crippen molar-refractivity contribution >= 4 is 17.0 Å². The number of aromatic nitrogens is 1. The average Bonchev–Trinajstić information content (AvgIpc) is 2.68. The highest BCUT2D eigenvalue weighted by Gasteiger charge is 2.29. The molecule has 2 unspecified atom stereocenters. The molecule has 0 fully saturated rings. The lowest BCUT2D eigenvalue weighted by Crippen LogP contribution is -2.27. The van der Waals surface area contributed by atoms with Gasteiger partial charge in [-0.05, 0) is 48.6 Å². The number of aliphatic hydroxyl groups is 1. The van der Waals surface area contributed by atoms with Crippen LogP contribution >= 0.6 is 0 Å². The van der Waals surface area contributed by atoms with Crippen LogP contribution in [0.3, 0.4) is 0 Å². The van der Waals surface area contributed by atoms with Crippen molar-refractivity contribution < 1.29 is 18.3 Å². The van der Waals surface area contributed by atoms with Crippen molar-refractivity contribution in [3.05, 3.63) is 83.5 Å². The Balaban J connectivity index is 1.86. The molecular formula is C23H21F3N2O. The summed E-state index contributed by atoms with van der Waals surface area (Å²) in [7, 11) is 0. The first-order chi connectivity index (χ1) is 14.0. The summed E-state index contributed by atoms with van der Waals surface area (Å²) in [5.41, 5.74) is 1.65. The van der Waals surface area contributed by atoms with E-state index in [2.05, 4.69) is 11.9 Å². The molecule has 1 aliphatic carbocycles. The van der Waals surface area contributed by atoms with Crippen molar-refractivity contribution in [1.82, 2.24) is 4.98 Å². The van der Waals surface area contributed by atoms with E-state index >= 15 is 0 Å². The Morgan fingerprint density at radius 2 is 1.90 bits per heavy atom. The molecule has 0 bridgehead atoms. The molecule has 0 saturated heterocycles. The number of hydrogen-bond acceptors (Lipinski definition) is 3. The third kappa shape index (κ3) is 3.72. The smallest absolute Gasteiger partial charge is 0.147 e. The lowest BCUT2D eigenvalue weighted by atomic mass is 9.85. The van der Waals surface area contributed by atoms with E-state index in [-0.39, 0.29) is 18.2 Å². The highest BCUT2D eigenvalue weighted by Crippen LogP contribution is 2.40. The van der Waals surface area contributed by atoms with Crippen LogP contribution in [0.5, 0.6) is 0 Å². The maximum atomic E-state index is 14.9. The molecule has 29 heavy (non-hydrogen) atoms. The number of hydrogen-bond donors (Lipinski definition) is 1. The summed E-state index contributed by atoms with van der Waals surface area (Å²) in [5.74, 6) is -2.10. The molecule has 1 aliphatic heterocycles. The molecule has 1 aromatic carbocycles. The second-order valence-corrected chi connectivity index (χ2v) is 7.50. The summed E-state index contributed by atoms with van der Waals surface area (Å²) in [6.45, 7) is 2.29. The molecule has 2 atom stereocenters. The largest absolute Gasteiger partial charge is 0.389 e. The van der Waals surface area contributed by atoms with Crippen molar-refractivity contribution in [3.63, 3.8) is 0 Å². The molecule has 2 heterocycles. The van der Waals surface area contributed by atoms with E-state index in [1.54, 1.807) is 30.6 Å². The quantitative estimate of drug-likeness (QED) is 0.767. The fraction of sp³-hybridized carbons (Fsp3) is 0.261. The van der Waals surface area contributed by atoms with Crippen LogP contribution < -0.4 is 4.90 Å². The standard InChI is InChI=1S/C23H21F3N2O/c1-14-10-15(12-16(29)11-14)17-7-8-27-13-21(17)28-9-3-6-20(26)23(28)22-18(24)4-2-5-19(22)25/h2-8,12-14,16,29H,9-11H2,1H3. The van der Waals surface area contributed by atoms with Crippen LogP contribution in [-0.4, -0.2) is 22.7 Å². The first kappa shape index (κ1) is 19.5. The van der Waals surface area contributed by atoms with Crippen molar-refractivity contribution in [2.75, 3.05) is 11.4 Å². The van der Waals surface area contributed by atoms with Gasteiger partial charge in [-0.25, -0.2) is 13.2 Å². The van der Waals surface area contributed by atoms with Crippen LogP contribution in [0.1, 0.15) is 30.9 Å². The first-order valence-corrected chi connectivity index (χ1v) is 9.57. The van der Waals surface area contributed by atoms with Crippen molar-refractivity contribution in [2.24, 2.45) is 5.92 Å². The van der Waals surface area contributed by atoms with E-state index in [0.717, 1.165) is 29.7 Å². The van der Waals surface area contributed by atoms with E-state index in [4.69, 9.17) is 0 Å². The van der Waals surface area contributed by atoms with Crippen LogP contribution in [0.2, 0.25) is 0 Å².